The Hall–Kier alpha value is -5.78. The maximum Gasteiger partial charge on any atom is 0.315 e. The monoisotopic (exact) mass is 974 g/mol. The first-order valence-electron chi connectivity index (χ1n) is 23.7. The number of amides is 4. The van der Waals surface area contributed by atoms with Crippen molar-refractivity contribution in [3.05, 3.63) is 90.3 Å². The number of benzene rings is 2. The zero-order valence-electron chi connectivity index (χ0n) is 40.4. The number of ether oxygens (including phenoxy) is 2. The molecule has 2 aromatic heterocycles. The fourth-order valence-electron chi connectivity index (χ4n) is 11.0. The lowest BCUT2D eigenvalue weighted by atomic mass is 9.67. The molecule has 5 heterocycles. The van der Waals surface area contributed by atoms with E-state index in [-0.39, 0.29) is 62.3 Å². The number of fused-ring (bicyclic) bond motifs is 9. The van der Waals surface area contributed by atoms with Gasteiger partial charge in [-0.15, -0.1) is 0 Å². The average Bonchev–Trinajstić information content (AvgIpc) is 3.52. The molecule has 2 N–H and O–H groups in total. The minimum Gasteiger partial charge on any atom is -0.465 e. The Morgan fingerprint density at radius 1 is 1.10 bits per heavy atom. The van der Waals surface area contributed by atoms with Crippen LogP contribution in [0.25, 0.3) is 33.3 Å². The topological polar surface area (TPSA) is 155 Å². The third kappa shape index (κ3) is 9.01. The van der Waals surface area contributed by atoms with Gasteiger partial charge in [-0.05, 0) is 78.3 Å². The molecule has 0 saturated carbocycles. The highest BCUT2D eigenvalue weighted by atomic mass is 32.1. The van der Waals surface area contributed by atoms with E-state index in [0.717, 1.165) is 55.5 Å². The minimum atomic E-state index is -2.32. The van der Waals surface area contributed by atoms with Crippen LogP contribution in [0.2, 0.25) is 0 Å². The van der Waals surface area contributed by atoms with Gasteiger partial charge in [-0.2, -0.15) is 0 Å². The second-order valence-electron chi connectivity index (χ2n) is 19.9. The molecule has 14 nitrogen and oxygen atoms in total. The SMILES string of the molecule is C=CC(=O)N1CCC(F)(C(=O)N(C)[C@H](C(=O)N[C@@]2([Si])Cc3cccc(c3)-c3ccc4c(c3)c3c(n4CC)-c4cccnc4[C@@H](OC)C3C(C)(C)COC(=O)[C@@H]3CCCN(NC3=S)C2=O)C(C)C)CC1. The number of alkyl halides is 1. The van der Waals surface area contributed by atoms with Crippen LogP contribution < -0.4 is 10.7 Å². The fraction of sp³-hybridized carbons (Fsp3) is 0.481. The number of piperidine rings is 1. The van der Waals surface area contributed by atoms with Crippen molar-refractivity contribution in [3.63, 3.8) is 0 Å². The number of nitrogens with one attached hydrogen (secondary N) is 2. The van der Waals surface area contributed by atoms with Gasteiger partial charge in [0.2, 0.25) is 11.8 Å². The number of thiocarbonyl (C=S) groups is 1. The molecule has 4 amide bonds. The van der Waals surface area contributed by atoms with Crippen LogP contribution in [0.5, 0.6) is 0 Å². The first-order chi connectivity index (χ1) is 32.8. The lowest BCUT2D eigenvalue weighted by Gasteiger charge is -2.42. The van der Waals surface area contributed by atoms with Crippen LogP contribution >= 0.6 is 12.2 Å². The van der Waals surface area contributed by atoms with Gasteiger partial charge in [0.1, 0.15) is 28.2 Å². The maximum absolute atomic E-state index is 16.5. The molecule has 3 aliphatic heterocycles. The zero-order valence-corrected chi connectivity index (χ0v) is 42.2. The van der Waals surface area contributed by atoms with Crippen LogP contribution in [0.4, 0.5) is 4.39 Å². The molecule has 363 valence electrons. The fourth-order valence-corrected chi connectivity index (χ4v) is 11.8. The van der Waals surface area contributed by atoms with Gasteiger partial charge in [0.25, 0.3) is 11.8 Å². The number of pyridine rings is 1. The van der Waals surface area contributed by atoms with Crippen molar-refractivity contribution in [1.29, 1.82) is 0 Å². The Bertz CT molecular complexity index is 2740. The normalized spacial score (nSPS) is 23.7. The van der Waals surface area contributed by atoms with Gasteiger partial charge in [0.05, 0.1) is 28.2 Å². The Morgan fingerprint density at radius 3 is 2.51 bits per heavy atom. The van der Waals surface area contributed by atoms with Gasteiger partial charge in [-0.1, -0.05) is 76.8 Å². The molecule has 2 aromatic carbocycles. The number of esters is 1. The molecule has 0 spiro atoms. The van der Waals surface area contributed by atoms with E-state index in [1.807, 2.05) is 30.3 Å². The van der Waals surface area contributed by atoms with Gasteiger partial charge < -0.3 is 29.2 Å². The van der Waals surface area contributed by atoms with E-state index in [2.05, 4.69) is 77.2 Å². The van der Waals surface area contributed by atoms with Gasteiger partial charge in [0, 0.05) is 93.6 Å². The Kier molecular flexibility index (Phi) is 13.8. The van der Waals surface area contributed by atoms with E-state index in [0.29, 0.717) is 24.9 Å². The number of rotatable bonds is 8. The summed E-state index contributed by atoms with van der Waals surface area (Å²) >= 11 is 5.87. The first-order valence-corrected chi connectivity index (χ1v) is 24.7. The summed E-state index contributed by atoms with van der Waals surface area (Å²) in [7, 11) is 6.88. The number of aromatic nitrogens is 2. The summed E-state index contributed by atoms with van der Waals surface area (Å²) in [6.07, 6.45) is 2.57. The summed E-state index contributed by atoms with van der Waals surface area (Å²) in [5.74, 6) is -4.77. The highest BCUT2D eigenvalue weighted by Crippen LogP contribution is 2.57. The van der Waals surface area contributed by atoms with Gasteiger partial charge in [-0.25, -0.2) is 4.39 Å². The van der Waals surface area contributed by atoms with Crippen molar-refractivity contribution >= 4 is 67.9 Å². The largest absolute Gasteiger partial charge is 0.465 e. The van der Waals surface area contributed by atoms with Crippen LogP contribution in [0, 0.1) is 17.3 Å². The third-order valence-corrected chi connectivity index (χ3v) is 15.4. The number of carbonyl (C=O) groups is 5. The minimum absolute atomic E-state index is 0.0150. The van der Waals surface area contributed by atoms with E-state index in [9.17, 15) is 19.2 Å². The molecular weight excluding hydrogens is 914 g/mol. The molecular formula is C52H61FN7O7SSi. The molecule has 1 unspecified atom stereocenters. The summed E-state index contributed by atoms with van der Waals surface area (Å²) < 4.78 is 31.5. The Morgan fingerprint density at radius 2 is 1.83 bits per heavy atom. The van der Waals surface area contributed by atoms with E-state index in [4.69, 9.17) is 26.7 Å². The lowest BCUT2D eigenvalue weighted by molar-refractivity contribution is -0.154. The zero-order chi connectivity index (χ0) is 49.7. The van der Waals surface area contributed by atoms with E-state index < -0.39 is 63.9 Å². The highest BCUT2D eigenvalue weighted by molar-refractivity contribution is 7.80. The van der Waals surface area contributed by atoms with Crippen molar-refractivity contribution < 1.29 is 37.8 Å². The number of likely N-dealkylation sites (N-methyl/N-ethyl adjacent to an activating group) is 1. The molecule has 6 bridgehead atoms. The summed E-state index contributed by atoms with van der Waals surface area (Å²) in [6, 6.07) is 17.0. The predicted molar refractivity (Wildman–Crippen MR) is 265 cm³/mol. The van der Waals surface area contributed by atoms with Crippen LogP contribution in [0.15, 0.2) is 73.4 Å². The molecule has 17 heteroatoms. The van der Waals surface area contributed by atoms with Crippen molar-refractivity contribution in [3.8, 4) is 22.4 Å². The number of nitrogens with zero attached hydrogens (tertiary/aromatic N) is 5. The first kappa shape index (κ1) is 49.6. The number of methoxy groups -OCH3 is 1. The number of carbonyl (C=O) groups excluding carboxylic acids is 5. The summed E-state index contributed by atoms with van der Waals surface area (Å²) in [6.45, 7) is 14.1. The average molecular weight is 975 g/mol. The quantitative estimate of drug-likeness (QED) is 0.0884. The second-order valence-corrected chi connectivity index (χ2v) is 21.2. The van der Waals surface area contributed by atoms with Gasteiger partial charge in [-0.3, -0.25) is 39.4 Å². The van der Waals surface area contributed by atoms with Crippen molar-refractivity contribution in [2.24, 2.45) is 17.3 Å². The third-order valence-electron chi connectivity index (χ3n) is 14.5. The molecule has 4 aromatic rings. The van der Waals surface area contributed by atoms with E-state index in [1.165, 1.54) is 17.0 Å². The number of hydrogen-bond donors (Lipinski definition) is 2. The Balaban J connectivity index is 1.22. The molecule has 2 saturated heterocycles. The number of aryl methyl sites for hydroxylation is 1. The van der Waals surface area contributed by atoms with Crippen molar-refractivity contribution in [2.75, 3.05) is 40.4 Å². The number of likely N-dealkylation sites (tertiary alicyclic amines) is 1. The van der Waals surface area contributed by atoms with Crippen LogP contribution in [0.1, 0.15) is 89.1 Å². The molecule has 8 rings (SSSR count). The van der Waals surface area contributed by atoms with E-state index in [1.54, 1.807) is 27.2 Å². The number of halogens is 1. The van der Waals surface area contributed by atoms with E-state index >= 15 is 9.18 Å². The summed E-state index contributed by atoms with van der Waals surface area (Å²) in [5, 5.41) is 3.43. The van der Waals surface area contributed by atoms with Crippen LogP contribution in [0.3, 0.4) is 0 Å². The predicted octanol–water partition coefficient (Wildman–Crippen LogP) is 6.35. The summed E-state index contributed by atoms with van der Waals surface area (Å²) in [4.78, 5) is 77.9. The van der Waals surface area contributed by atoms with Crippen molar-refractivity contribution in [1.82, 2.24) is 35.1 Å². The summed E-state index contributed by atoms with van der Waals surface area (Å²) in [5.41, 5.74) is 7.40. The molecule has 2 fully saturated rings. The number of cyclic esters (lactones) is 1. The van der Waals surface area contributed by atoms with Gasteiger partial charge >= 0.3 is 5.97 Å². The molecule has 69 heavy (non-hydrogen) atoms. The standard InChI is InChI=1S/C52H61FN7O7SSi/c1-9-38(61)58-24-20-51(53,21-25-58)48(64)57(7)42(30(3)4)45(62)55-52(69)28-31-14-11-15-32(26-31)33-18-19-37-36(27-33)39-40(44(66-8)41-34(16-12-22-54-41)43(39)59(37)10-2)50(5,6)29-67-47(63)35-17-13-23-60(49(52)65)56-46(35)68/h9,11-12,14-16,18-19,22,26-27,30,35,40,42,44H,1,10,13,17,20-21,23-25,28-29H2,2-8H3,(H,55,62)(H,56,68)/t35-,40?,42+,44+,52-/m1/s1. The number of hydrogen-bond acceptors (Lipinski definition) is 9. The smallest absolute Gasteiger partial charge is 0.315 e. The molecule has 1 aliphatic carbocycles. The second kappa shape index (κ2) is 19.2. The Labute approximate surface area is 411 Å². The molecule has 3 radical (unpaired) electrons. The maximum atomic E-state index is 16.5. The lowest BCUT2D eigenvalue weighted by Crippen LogP contribution is -2.67. The molecule has 4 aliphatic rings. The van der Waals surface area contributed by atoms with Crippen LogP contribution in [-0.4, -0.2) is 126 Å². The van der Waals surface area contributed by atoms with Crippen LogP contribution in [-0.2, 0) is 46.4 Å². The van der Waals surface area contributed by atoms with Gasteiger partial charge in [0.15, 0.2) is 5.67 Å². The van der Waals surface area contributed by atoms with Crippen molar-refractivity contribution in [2.45, 2.75) is 102 Å². The number of hydrazine groups is 1. The molecule has 5 atom stereocenters. The highest BCUT2D eigenvalue weighted by Gasteiger charge is 2.50.